The number of carbonyl (C=O) groups excluding carboxylic acids is 1. The first-order chi connectivity index (χ1) is 13.6. The van der Waals surface area contributed by atoms with Gasteiger partial charge in [-0.2, -0.15) is 0 Å². The number of amides is 1. The molecule has 0 atom stereocenters. The third-order valence-electron chi connectivity index (χ3n) is 4.47. The lowest BCUT2D eigenvalue weighted by molar-refractivity contribution is -0.116. The van der Waals surface area contributed by atoms with Crippen LogP contribution in [0.1, 0.15) is 12.0 Å². The van der Waals surface area contributed by atoms with Crippen molar-refractivity contribution in [2.75, 3.05) is 5.32 Å². The summed E-state index contributed by atoms with van der Waals surface area (Å²) in [6.07, 6.45) is 0.150. The largest absolute Gasteiger partial charge is 0.338 e. The lowest BCUT2D eigenvalue weighted by Crippen LogP contribution is -2.13. The van der Waals surface area contributed by atoms with E-state index in [4.69, 9.17) is 0 Å². The number of aromatic amines is 1. The minimum atomic E-state index is -0.521. The predicted molar refractivity (Wildman–Crippen MR) is 105 cm³/mol. The zero-order valence-electron chi connectivity index (χ0n) is 14.9. The smallest absolute Gasteiger partial charge is 0.224 e. The Kier molecular flexibility index (Phi) is 4.85. The topological polar surface area (TPSA) is 57.8 Å². The number of hydrogen-bond donors (Lipinski definition) is 2. The van der Waals surface area contributed by atoms with Crippen molar-refractivity contribution in [3.05, 3.63) is 83.9 Å². The number of rotatable bonds is 5. The monoisotopic (exact) mass is 377 g/mol. The summed E-state index contributed by atoms with van der Waals surface area (Å²) in [6, 6.07) is 18.2. The van der Waals surface area contributed by atoms with Gasteiger partial charge in [0.2, 0.25) is 5.91 Å². The molecule has 0 fully saturated rings. The summed E-state index contributed by atoms with van der Waals surface area (Å²) < 4.78 is 27.0. The van der Waals surface area contributed by atoms with Gasteiger partial charge in [0.05, 0.1) is 16.7 Å². The molecule has 0 aliphatic rings. The van der Waals surface area contributed by atoms with E-state index in [2.05, 4.69) is 15.3 Å². The number of anilines is 1. The van der Waals surface area contributed by atoms with E-state index in [1.165, 1.54) is 0 Å². The van der Waals surface area contributed by atoms with Gasteiger partial charge in [0, 0.05) is 12.0 Å². The van der Waals surface area contributed by atoms with Gasteiger partial charge < -0.3 is 10.3 Å². The molecular formula is C22H17F2N3O. The molecule has 4 aromatic rings. The van der Waals surface area contributed by atoms with E-state index >= 15 is 0 Å². The molecule has 140 valence electrons. The Bertz CT molecular complexity index is 1120. The SMILES string of the molecule is O=C(CCc1cc(F)ccc1F)Nc1ccccc1-c1nc2ccccc2[nH]1. The maximum atomic E-state index is 13.7. The van der Waals surface area contributed by atoms with Gasteiger partial charge in [0.15, 0.2) is 0 Å². The molecule has 0 spiro atoms. The van der Waals surface area contributed by atoms with Gasteiger partial charge in [0.1, 0.15) is 17.5 Å². The lowest BCUT2D eigenvalue weighted by atomic mass is 10.1. The molecule has 28 heavy (non-hydrogen) atoms. The Labute approximate surface area is 160 Å². The van der Waals surface area contributed by atoms with E-state index in [0.29, 0.717) is 11.5 Å². The molecule has 0 radical (unpaired) electrons. The van der Waals surface area contributed by atoms with Crippen LogP contribution in [-0.4, -0.2) is 15.9 Å². The van der Waals surface area contributed by atoms with Crippen LogP contribution in [0.4, 0.5) is 14.5 Å². The van der Waals surface area contributed by atoms with Crippen LogP contribution in [0.5, 0.6) is 0 Å². The van der Waals surface area contributed by atoms with E-state index in [1.54, 1.807) is 6.07 Å². The quantitative estimate of drug-likeness (QED) is 0.510. The van der Waals surface area contributed by atoms with Gasteiger partial charge in [-0.25, -0.2) is 13.8 Å². The summed E-state index contributed by atoms with van der Waals surface area (Å²) in [5.41, 5.74) is 3.27. The highest BCUT2D eigenvalue weighted by molar-refractivity contribution is 5.95. The number of nitrogens with one attached hydrogen (secondary N) is 2. The maximum Gasteiger partial charge on any atom is 0.224 e. The summed E-state index contributed by atoms with van der Waals surface area (Å²) in [6.45, 7) is 0. The van der Waals surface area contributed by atoms with Crippen LogP contribution < -0.4 is 5.32 Å². The van der Waals surface area contributed by atoms with Gasteiger partial charge in [0.25, 0.3) is 0 Å². The fourth-order valence-electron chi connectivity index (χ4n) is 3.07. The molecule has 4 nitrogen and oxygen atoms in total. The highest BCUT2D eigenvalue weighted by Gasteiger charge is 2.13. The minimum Gasteiger partial charge on any atom is -0.338 e. The van der Waals surface area contributed by atoms with Gasteiger partial charge in [-0.15, -0.1) is 0 Å². The molecule has 0 bridgehead atoms. The number of imidazole rings is 1. The summed E-state index contributed by atoms with van der Waals surface area (Å²) in [5, 5.41) is 2.84. The van der Waals surface area contributed by atoms with Gasteiger partial charge in [-0.3, -0.25) is 4.79 Å². The highest BCUT2D eigenvalue weighted by atomic mass is 19.1. The van der Waals surface area contributed by atoms with Gasteiger partial charge in [-0.1, -0.05) is 24.3 Å². The second-order valence-electron chi connectivity index (χ2n) is 6.43. The molecular weight excluding hydrogens is 360 g/mol. The van der Waals surface area contributed by atoms with Crippen molar-refractivity contribution in [2.45, 2.75) is 12.8 Å². The average Bonchev–Trinajstić information content (AvgIpc) is 3.13. The molecule has 1 amide bonds. The van der Waals surface area contributed by atoms with Crippen LogP contribution in [0.15, 0.2) is 66.7 Å². The molecule has 0 aliphatic heterocycles. The highest BCUT2D eigenvalue weighted by Crippen LogP contribution is 2.27. The summed E-state index contributed by atoms with van der Waals surface area (Å²) in [7, 11) is 0. The van der Waals surface area contributed by atoms with Crippen molar-refractivity contribution in [1.29, 1.82) is 0 Å². The molecule has 6 heteroatoms. The molecule has 3 aromatic carbocycles. The second kappa shape index (κ2) is 7.60. The third kappa shape index (κ3) is 3.76. The first-order valence-electron chi connectivity index (χ1n) is 8.88. The molecule has 1 heterocycles. The van der Waals surface area contributed by atoms with Crippen LogP contribution in [0.25, 0.3) is 22.4 Å². The second-order valence-corrected chi connectivity index (χ2v) is 6.43. The molecule has 0 saturated heterocycles. The van der Waals surface area contributed by atoms with Crippen LogP contribution in [-0.2, 0) is 11.2 Å². The van der Waals surface area contributed by atoms with Crippen molar-refractivity contribution < 1.29 is 13.6 Å². The van der Waals surface area contributed by atoms with Crippen LogP contribution in [0.3, 0.4) is 0 Å². The average molecular weight is 377 g/mol. The summed E-state index contributed by atoms with van der Waals surface area (Å²) >= 11 is 0. The van der Waals surface area contributed by atoms with E-state index in [9.17, 15) is 13.6 Å². The molecule has 1 aromatic heterocycles. The Balaban J connectivity index is 1.52. The zero-order chi connectivity index (χ0) is 19.5. The zero-order valence-corrected chi connectivity index (χ0v) is 14.9. The number of carbonyl (C=O) groups is 1. The minimum absolute atomic E-state index is 0.0365. The molecule has 0 unspecified atom stereocenters. The first-order valence-corrected chi connectivity index (χ1v) is 8.88. The summed E-state index contributed by atoms with van der Waals surface area (Å²) in [5.74, 6) is -0.676. The van der Waals surface area contributed by atoms with Crippen LogP contribution in [0, 0.1) is 11.6 Å². The normalized spacial score (nSPS) is 10.9. The van der Waals surface area contributed by atoms with Crippen LogP contribution >= 0.6 is 0 Å². The Morgan fingerprint density at radius 2 is 1.79 bits per heavy atom. The number of fused-ring (bicyclic) bond motifs is 1. The number of benzene rings is 3. The summed E-state index contributed by atoms with van der Waals surface area (Å²) in [4.78, 5) is 20.2. The Hall–Kier alpha value is -3.54. The Morgan fingerprint density at radius 3 is 2.64 bits per heavy atom. The molecule has 2 N–H and O–H groups in total. The number of H-pyrrole nitrogens is 1. The van der Waals surface area contributed by atoms with Gasteiger partial charge in [-0.05, 0) is 54.4 Å². The molecule has 4 rings (SSSR count). The van der Waals surface area contributed by atoms with E-state index < -0.39 is 11.6 Å². The van der Waals surface area contributed by atoms with E-state index in [-0.39, 0.29) is 24.3 Å². The number of halogens is 2. The maximum absolute atomic E-state index is 13.7. The molecule has 0 aliphatic carbocycles. The van der Waals surface area contributed by atoms with Crippen molar-refractivity contribution >= 4 is 22.6 Å². The predicted octanol–water partition coefficient (Wildman–Crippen LogP) is 5.08. The fourth-order valence-corrected chi connectivity index (χ4v) is 3.07. The third-order valence-corrected chi connectivity index (χ3v) is 4.47. The number of aryl methyl sites for hydroxylation is 1. The van der Waals surface area contributed by atoms with Crippen molar-refractivity contribution in [1.82, 2.24) is 9.97 Å². The van der Waals surface area contributed by atoms with Crippen molar-refractivity contribution in [3.8, 4) is 11.4 Å². The first kappa shape index (κ1) is 17.9. The van der Waals surface area contributed by atoms with E-state index in [0.717, 1.165) is 34.8 Å². The van der Waals surface area contributed by atoms with Gasteiger partial charge >= 0.3 is 0 Å². The van der Waals surface area contributed by atoms with Crippen molar-refractivity contribution in [2.24, 2.45) is 0 Å². The molecule has 0 saturated carbocycles. The van der Waals surface area contributed by atoms with Crippen molar-refractivity contribution in [3.63, 3.8) is 0 Å². The van der Waals surface area contributed by atoms with Crippen LogP contribution in [0.2, 0.25) is 0 Å². The number of hydrogen-bond acceptors (Lipinski definition) is 2. The van der Waals surface area contributed by atoms with E-state index in [1.807, 2.05) is 42.5 Å². The number of aromatic nitrogens is 2. The fraction of sp³-hybridized carbons (Fsp3) is 0.0909. The number of nitrogens with zero attached hydrogens (tertiary/aromatic N) is 1. The Morgan fingerprint density at radius 1 is 1.00 bits per heavy atom. The standard InChI is InChI=1S/C22H17F2N3O/c23-15-10-11-17(24)14(13-15)9-12-21(28)25-18-6-2-1-5-16(18)22-26-19-7-3-4-8-20(19)27-22/h1-8,10-11,13H,9,12H2,(H,25,28)(H,26,27). The lowest BCUT2D eigenvalue weighted by Gasteiger charge is -2.10. The number of para-hydroxylation sites is 3.